The molecule has 0 aliphatic heterocycles. The van der Waals surface area contributed by atoms with Crippen LogP contribution in [0.2, 0.25) is 0 Å². The Hall–Kier alpha value is -3.52. The number of benzene rings is 1. The third-order valence-corrected chi connectivity index (χ3v) is 7.17. The maximum Gasteiger partial charge on any atom is 0.306 e. The van der Waals surface area contributed by atoms with E-state index in [0.717, 1.165) is 21.3 Å². The Labute approximate surface area is 195 Å². The number of carbonyl (C=O) groups is 2. The zero-order chi connectivity index (χ0) is 22.8. The number of hydrogen-bond donors (Lipinski definition) is 2. The molecule has 0 saturated heterocycles. The largest absolute Gasteiger partial charge is 0.481 e. The molecule has 2 N–H and O–H groups in total. The van der Waals surface area contributed by atoms with Gasteiger partial charge in [0.25, 0.3) is 5.91 Å². The van der Waals surface area contributed by atoms with Gasteiger partial charge in [0.1, 0.15) is 0 Å². The van der Waals surface area contributed by atoms with Gasteiger partial charge in [-0.1, -0.05) is 30.3 Å². The number of carbonyl (C=O) groups excluding carboxylic acids is 1. The highest BCUT2D eigenvalue weighted by Crippen LogP contribution is 2.29. The summed E-state index contributed by atoms with van der Waals surface area (Å²) in [7, 11) is 0. The van der Waals surface area contributed by atoms with Crippen molar-refractivity contribution < 1.29 is 14.7 Å². The van der Waals surface area contributed by atoms with Crippen LogP contribution in [0.5, 0.6) is 0 Å². The van der Waals surface area contributed by atoms with E-state index in [1.165, 1.54) is 0 Å². The molecule has 1 amide bonds. The van der Waals surface area contributed by atoms with Gasteiger partial charge in [0, 0.05) is 41.1 Å². The number of aromatic nitrogens is 3. The standard InChI is InChI=1S/C25H24N4O3S/c30-24(28-19-8-6-18(7-9-19)25(31)32)20-15-33-21-10-11-29(22(20)21)14-16-12-26-23(27-13-16)17-4-2-1-3-5-17/h1-5,10-13,15,18-19H,6-9,14H2,(H,28,30)(H,31,32). The van der Waals surface area contributed by atoms with E-state index < -0.39 is 5.97 Å². The van der Waals surface area contributed by atoms with E-state index in [2.05, 4.69) is 19.9 Å². The second kappa shape index (κ2) is 9.15. The normalized spacial score (nSPS) is 18.3. The van der Waals surface area contributed by atoms with Gasteiger partial charge < -0.3 is 15.0 Å². The van der Waals surface area contributed by atoms with Crippen LogP contribution in [0.4, 0.5) is 0 Å². The molecule has 33 heavy (non-hydrogen) atoms. The van der Waals surface area contributed by atoms with Crippen LogP contribution in [0.1, 0.15) is 41.6 Å². The van der Waals surface area contributed by atoms with E-state index in [1.807, 2.05) is 60.4 Å². The lowest BCUT2D eigenvalue weighted by atomic mass is 9.86. The number of thiophene rings is 1. The number of carboxylic acid groups (broad SMARTS) is 1. The van der Waals surface area contributed by atoms with Gasteiger partial charge in [0.15, 0.2) is 5.82 Å². The highest BCUT2D eigenvalue weighted by molar-refractivity contribution is 7.17. The molecule has 1 aromatic carbocycles. The van der Waals surface area contributed by atoms with Crippen LogP contribution in [-0.4, -0.2) is 37.6 Å². The summed E-state index contributed by atoms with van der Waals surface area (Å²) in [5, 5.41) is 14.2. The van der Waals surface area contributed by atoms with Crippen LogP contribution in [0.25, 0.3) is 21.6 Å². The average Bonchev–Trinajstić information content (AvgIpc) is 3.44. The number of nitrogens with zero attached hydrogens (tertiary/aromatic N) is 3. The molecule has 3 heterocycles. The predicted molar refractivity (Wildman–Crippen MR) is 127 cm³/mol. The van der Waals surface area contributed by atoms with E-state index in [0.29, 0.717) is 43.6 Å². The van der Waals surface area contributed by atoms with E-state index in [1.54, 1.807) is 11.3 Å². The third kappa shape index (κ3) is 4.52. The van der Waals surface area contributed by atoms with Crippen molar-refractivity contribution in [3.8, 4) is 11.4 Å². The first-order valence-electron chi connectivity index (χ1n) is 11.0. The van der Waals surface area contributed by atoms with Gasteiger partial charge in [0.2, 0.25) is 0 Å². The van der Waals surface area contributed by atoms with E-state index in [4.69, 9.17) is 0 Å². The van der Waals surface area contributed by atoms with Gasteiger partial charge in [0.05, 0.1) is 28.2 Å². The zero-order valence-corrected chi connectivity index (χ0v) is 18.8. The number of carboxylic acids is 1. The lowest BCUT2D eigenvalue weighted by Gasteiger charge is -2.26. The van der Waals surface area contributed by atoms with Crippen molar-refractivity contribution in [3.63, 3.8) is 0 Å². The first kappa shape index (κ1) is 21.3. The molecule has 1 aliphatic carbocycles. The number of amides is 1. The number of aliphatic carboxylic acids is 1. The van der Waals surface area contributed by atoms with E-state index in [9.17, 15) is 14.7 Å². The Morgan fingerprint density at radius 1 is 1.06 bits per heavy atom. The number of hydrogen-bond acceptors (Lipinski definition) is 5. The Morgan fingerprint density at radius 3 is 2.48 bits per heavy atom. The Kier molecular flexibility index (Phi) is 5.92. The summed E-state index contributed by atoms with van der Waals surface area (Å²) < 4.78 is 3.11. The monoisotopic (exact) mass is 460 g/mol. The van der Waals surface area contributed by atoms with Crippen molar-refractivity contribution in [1.29, 1.82) is 0 Å². The Bertz CT molecular complexity index is 1270. The van der Waals surface area contributed by atoms with E-state index in [-0.39, 0.29) is 17.9 Å². The molecule has 0 radical (unpaired) electrons. The molecule has 0 atom stereocenters. The minimum absolute atomic E-state index is 0.0189. The van der Waals surface area contributed by atoms with Gasteiger partial charge in [-0.25, -0.2) is 9.97 Å². The fourth-order valence-corrected chi connectivity index (χ4v) is 5.37. The summed E-state index contributed by atoms with van der Waals surface area (Å²) in [4.78, 5) is 33.2. The molecule has 0 bridgehead atoms. The van der Waals surface area contributed by atoms with Crippen molar-refractivity contribution >= 4 is 33.4 Å². The fraction of sp³-hybridized carbons (Fsp3) is 0.280. The SMILES string of the molecule is O=C(NC1CCC(C(=O)O)CC1)c1csc2ccn(Cc3cnc(-c4ccccc4)nc3)c12. The highest BCUT2D eigenvalue weighted by Gasteiger charge is 2.27. The molecular weight excluding hydrogens is 436 g/mol. The van der Waals surface area contributed by atoms with Crippen LogP contribution >= 0.6 is 11.3 Å². The fourth-order valence-electron chi connectivity index (χ4n) is 4.42. The zero-order valence-electron chi connectivity index (χ0n) is 18.0. The smallest absolute Gasteiger partial charge is 0.306 e. The maximum atomic E-state index is 13.0. The van der Waals surface area contributed by atoms with Crippen molar-refractivity contribution in [3.05, 3.63) is 71.5 Å². The Morgan fingerprint density at radius 2 is 1.79 bits per heavy atom. The molecule has 0 unspecified atom stereocenters. The summed E-state index contributed by atoms with van der Waals surface area (Å²) in [6, 6.07) is 11.9. The first-order valence-corrected chi connectivity index (χ1v) is 11.9. The first-order chi connectivity index (χ1) is 16.1. The van der Waals surface area contributed by atoms with Crippen molar-refractivity contribution in [2.24, 2.45) is 5.92 Å². The van der Waals surface area contributed by atoms with Crippen molar-refractivity contribution in [2.75, 3.05) is 0 Å². The predicted octanol–water partition coefficient (Wildman–Crippen LogP) is 4.58. The Balaban J connectivity index is 1.30. The molecular formula is C25H24N4O3S. The minimum Gasteiger partial charge on any atom is -0.481 e. The molecule has 0 spiro atoms. The molecule has 7 nitrogen and oxygen atoms in total. The molecule has 5 rings (SSSR count). The summed E-state index contributed by atoms with van der Waals surface area (Å²) in [6.45, 7) is 0.569. The van der Waals surface area contributed by atoms with E-state index >= 15 is 0 Å². The summed E-state index contributed by atoms with van der Waals surface area (Å²) >= 11 is 1.55. The average molecular weight is 461 g/mol. The van der Waals surface area contributed by atoms with Crippen LogP contribution in [-0.2, 0) is 11.3 Å². The lowest BCUT2D eigenvalue weighted by molar-refractivity contribution is -0.142. The second-order valence-corrected chi connectivity index (χ2v) is 9.36. The van der Waals surface area contributed by atoms with Gasteiger partial charge in [-0.3, -0.25) is 9.59 Å². The molecule has 1 saturated carbocycles. The van der Waals surface area contributed by atoms with Gasteiger partial charge in [-0.2, -0.15) is 0 Å². The van der Waals surface area contributed by atoms with Crippen molar-refractivity contribution in [2.45, 2.75) is 38.3 Å². The van der Waals surface area contributed by atoms with Gasteiger partial charge in [-0.15, -0.1) is 11.3 Å². The topological polar surface area (TPSA) is 97.1 Å². The third-order valence-electron chi connectivity index (χ3n) is 6.23. The summed E-state index contributed by atoms with van der Waals surface area (Å²) in [5.41, 5.74) is 3.49. The number of fused-ring (bicyclic) bond motifs is 1. The van der Waals surface area contributed by atoms with Crippen molar-refractivity contribution in [1.82, 2.24) is 19.9 Å². The molecule has 4 aromatic rings. The molecule has 1 aliphatic rings. The van der Waals surface area contributed by atoms with Gasteiger partial charge in [-0.05, 0) is 31.7 Å². The van der Waals surface area contributed by atoms with Gasteiger partial charge >= 0.3 is 5.97 Å². The van der Waals surface area contributed by atoms with Crippen LogP contribution < -0.4 is 5.32 Å². The van der Waals surface area contributed by atoms with Crippen LogP contribution in [0.15, 0.2) is 60.4 Å². The minimum atomic E-state index is -0.738. The summed E-state index contributed by atoms with van der Waals surface area (Å²) in [6.07, 6.45) is 8.25. The van der Waals surface area contributed by atoms with Crippen LogP contribution in [0, 0.1) is 5.92 Å². The van der Waals surface area contributed by atoms with Crippen LogP contribution in [0.3, 0.4) is 0 Å². The molecule has 3 aromatic heterocycles. The quantitative estimate of drug-likeness (QED) is 0.439. The number of nitrogens with one attached hydrogen (secondary N) is 1. The molecule has 1 fully saturated rings. The lowest BCUT2D eigenvalue weighted by Crippen LogP contribution is -2.38. The number of rotatable bonds is 6. The molecule has 168 valence electrons. The summed E-state index contributed by atoms with van der Waals surface area (Å²) in [5.74, 6) is -0.447. The highest BCUT2D eigenvalue weighted by atomic mass is 32.1. The second-order valence-electron chi connectivity index (χ2n) is 8.45. The molecule has 8 heteroatoms. The maximum absolute atomic E-state index is 13.0.